The lowest BCUT2D eigenvalue weighted by atomic mass is 10.0. The van der Waals surface area contributed by atoms with Gasteiger partial charge in [-0.15, -0.1) is 0 Å². The minimum absolute atomic E-state index is 0.385. The van der Waals surface area contributed by atoms with Crippen LogP contribution in [0.15, 0.2) is 46.9 Å². The zero-order valence-corrected chi connectivity index (χ0v) is 14.0. The van der Waals surface area contributed by atoms with Crippen LogP contribution in [0.3, 0.4) is 0 Å². The minimum Gasteiger partial charge on any atom is -0.497 e. The van der Waals surface area contributed by atoms with Crippen LogP contribution in [0.5, 0.6) is 5.75 Å². The molecule has 1 aliphatic rings. The van der Waals surface area contributed by atoms with Crippen molar-refractivity contribution in [3.63, 3.8) is 0 Å². The van der Waals surface area contributed by atoms with Gasteiger partial charge in [-0.05, 0) is 67.1 Å². The maximum atomic E-state index is 5.25. The first kappa shape index (κ1) is 14.5. The molecule has 0 radical (unpaired) electrons. The Morgan fingerprint density at radius 3 is 2.43 bits per heavy atom. The molecule has 1 fully saturated rings. The van der Waals surface area contributed by atoms with E-state index in [1.165, 1.54) is 29.7 Å². The summed E-state index contributed by atoms with van der Waals surface area (Å²) >= 11 is 3.52. The fourth-order valence-electron chi connectivity index (χ4n) is 2.67. The summed E-state index contributed by atoms with van der Waals surface area (Å²) in [6, 6.07) is 15.2. The highest BCUT2D eigenvalue weighted by Gasteiger charge is 2.32. The summed E-state index contributed by atoms with van der Waals surface area (Å²) in [6.07, 6.45) is 2.61. The van der Waals surface area contributed by atoms with E-state index in [0.29, 0.717) is 6.04 Å². The van der Waals surface area contributed by atoms with Crippen LogP contribution in [-0.2, 0) is 0 Å². The van der Waals surface area contributed by atoms with Gasteiger partial charge in [0, 0.05) is 10.2 Å². The molecule has 21 heavy (non-hydrogen) atoms. The number of hydrogen-bond acceptors (Lipinski definition) is 2. The molecule has 110 valence electrons. The van der Waals surface area contributed by atoms with Crippen LogP contribution in [0.4, 0.5) is 5.69 Å². The summed E-state index contributed by atoms with van der Waals surface area (Å²) in [5.41, 5.74) is 3.81. The van der Waals surface area contributed by atoms with Gasteiger partial charge in [0.15, 0.2) is 0 Å². The third-order valence-electron chi connectivity index (χ3n) is 4.07. The van der Waals surface area contributed by atoms with Crippen molar-refractivity contribution in [2.24, 2.45) is 5.92 Å². The number of aryl methyl sites for hydroxylation is 1. The van der Waals surface area contributed by atoms with E-state index in [2.05, 4.69) is 58.5 Å². The van der Waals surface area contributed by atoms with E-state index in [1.54, 1.807) is 7.11 Å². The van der Waals surface area contributed by atoms with Gasteiger partial charge in [-0.2, -0.15) is 0 Å². The number of nitrogens with one attached hydrogen (secondary N) is 1. The standard InChI is InChI=1S/C18H20BrNO/c1-12-11-15(19)7-10-17(12)20-18(13-3-4-13)14-5-8-16(21-2)9-6-14/h5-11,13,18,20H,3-4H2,1-2H3. The third kappa shape index (κ3) is 3.41. The van der Waals surface area contributed by atoms with Crippen molar-refractivity contribution in [1.82, 2.24) is 0 Å². The molecule has 0 aliphatic heterocycles. The maximum Gasteiger partial charge on any atom is 0.118 e. The second-order valence-corrected chi connectivity index (χ2v) is 6.61. The molecule has 3 heteroatoms. The topological polar surface area (TPSA) is 21.3 Å². The van der Waals surface area contributed by atoms with Gasteiger partial charge in [-0.1, -0.05) is 28.1 Å². The predicted octanol–water partition coefficient (Wildman–Crippen LogP) is 5.33. The zero-order valence-electron chi connectivity index (χ0n) is 12.4. The number of anilines is 1. The first-order chi connectivity index (χ1) is 10.2. The van der Waals surface area contributed by atoms with Crippen LogP contribution in [0, 0.1) is 12.8 Å². The lowest BCUT2D eigenvalue weighted by Crippen LogP contribution is -2.13. The molecule has 2 nitrogen and oxygen atoms in total. The van der Waals surface area contributed by atoms with E-state index in [-0.39, 0.29) is 0 Å². The van der Waals surface area contributed by atoms with Gasteiger partial charge in [0.1, 0.15) is 5.75 Å². The van der Waals surface area contributed by atoms with Gasteiger partial charge in [0.2, 0.25) is 0 Å². The summed E-state index contributed by atoms with van der Waals surface area (Å²) in [5.74, 6) is 1.65. The Morgan fingerprint density at radius 1 is 1.14 bits per heavy atom. The van der Waals surface area contributed by atoms with Crippen LogP contribution in [-0.4, -0.2) is 7.11 Å². The van der Waals surface area contributed by atoms with Gasteiger partial charge in [0.25, 0.3) is 0 Å². The lowest BCUT2D eigenvalue weighted by molar-refractivity contribution is 0.414. The molecule has 0 saturated heterocycles. The van der Waals surface area contributed by atoms with Crippen molar-refractivity contribution in [3.05, 3.63) is 58.1 Å². The minimum atomic E-state index is 0.385. The molecule has 1 N–H and O–H groups in total. The van der Waals surface area contributed by atoms with Crippen molar-refractivity contribution >= 4 is 21.6 Å². The maximum absolute atomic E-state index is 5.25. The Hall–Kier alpha value is -1.48. The molecule has 1 aliphatic carbocycles. The first-order valence-corrected chi connectivity index (χ1v) is 8.13. The lowest BCUT2D eigenvalue weighted by Gasteiger charge is -2.22. The van der Waals surface area contributed by atoms with Crippen molar-refractivity contribution < 1.29 is 4.74 Å². The quantitative estimate of drug-likeness (QED) is 0.790. The normalized spacial score (nSPS) is 15.6. The van der Waals surface area contributed by atoms with Crippen molar-refractivity contribution in [2.45, 2.75) is 25.8 Å². The fourth-order valence-corrected chi connectivity index (χ4v) is 3.15. The van der Waals surface area contributed by atoms with Crippen molar-refractivity contribution in [1.29, 1.82) is 0 Å². The van der Waals surface area contributed by atoms with E-state index in [9.17, 15) is 0 Å². The van der Waals surface area contributed by atoms with E-state index in [0.717, 1.165) is 16.1 Å². The van der Waals surface area contributed by atoms with E-state index < -0.39 is 0 Å². The van der Waals surface area contributed by atoms with E-state index in [1.807, 2.05) is 12.1 Å². The van der Waals surface area contributed by atoms with Gasteiger partial charge >= 0.3 is 0 Å². The van der Waals surface area contributed by atoms with Crippen LogP contribution in [0.1, 0.15) is 30.0 Å². The average Bonchev–Trinajstić information content (AvgIpc) is 3.31. The van der Waals surface area contributed by atoms with Crippen LogP contribution >= 0.6 is 15.9 Å². The van der Waals surface area contributed by atoms with E-state index in [4.69, 9.17) is 4.74 Å². The Morgan fingerprint density at radius 2 is 1.86 bits per heavy atom. The largest absolute Gasteiger partial charge is 0.497 e. The smallest absolute Gasteiger partial charge is 0.118 e. The summed E-state index contributed by atoms with van der Waals surface area (Å²) in [7, 11) is 1.71. The Kier molecular flexibility index (Phi) is 4.20. The Labute approximate surface area is 134 Å². The SMILES string of the molecule is COc1ccc(C(Nc2ccc(Br)cc2C)C2CC2)cc1. The number of halogens is 1. The summed E-state index contributed by atoms with van der Waals surface area (Å²) in [6.45, 7) is 2.14. The summed E-state index contributed by atoms with van der Waals surface area (Å²) in [5, 5.41) is 3.73. The van der Waals surface area contributed by atoms with Gasteiger partial charge in [-0.3, -0.25) is 0 Å². The van der Waals surface area contributed by atoms with Crippen LogP contribution in [0.25, 0.3) is 0 Å². The molecular formula is C18H20BrNO. The predicted molar refractivity (Wildman–Crippen MR) is 91.0 cm³/mol. The molecule has 1 atom stereocenters. The highest BCUT2D eigenvalue weighted by Crippen LogP contribution is 2.43. The molecule has 0 bridgehead atoms. The summed E-state index contributed by atoms with van der Waals surface area (Å²) < 4.78 is 6.37. The fraction of sp³-hybridized carbons (Fsp3) is 0.333. The third-order valence-corrected chi connectivity index (χ3v) is 4.56. The monoisotopic (exact) mass is 345 g/mol. The molecule has 2 aromatic rings. The Bertz CT molecular complexity index is 620. The highest BCUT2D eigenvalue weighted by molar-refractivity contribution is 9.10. The van der Waals surface area contributed by atoms with E-state index >= 15 is 0 Å². The van der Waals surface area contributed by atoms with Crippen LogP contribution < -0.4 is 10.1 Å². The number of rotatable bonds is 5. The Balaban J connectivity index is 1.84. The number of hydrogen-bond donors (Lipinski definition) is 1. The number of methoxy groups -OCH3 is 1. The molecule has 0 spiro atoms. The summed E-state index contributed by atoms with van der Waals surface area (Å²) in [4.78, 5) is 0. The first-order valence-electron chi connectivity index (χ1n) is 7.34. The average molecular weight is 346 g/mol. The van der Waals surface area contributed by atoms with Crippen LogP contribution in [0.2, 0.25) is 0 Å². The van der Waals surface area contributed by atoms with Gasteiger partial charge in [0.05, 0.1) is 13.2 Å². The van der Waals surface area contributed by atoms with Gasteiger partial charge < -0.3 is 10.1 Å². The van der Waals surface area contributed by atoms with Crippen molar-refractivity contribution in [3.8, 4) is 5.75 Å². The molecule has 0 heterocycles. The van der Waals surface area contributed by atoms with Gasteiger partial charge in [-0.25, -0.2) is 0 Å². The molecule has 1 saturated carbocycles. The number of benzene rings is 2. The molecule has 0 aromatic heterocycles. The second kappa shape index (κ2) is 6.10. The highest BCUT2D eigenvalue weighted by atomic mass is 79.9. The number of ether oxygens (including phenoxy) is 1. The molecule has 0 amide bonds. The molecular weight excluding hydrogens is 326 g/mol. The van der Waals surface area contributed by atoms with Crippen molar-refractivity contribution in [2.75, 3.05) is 12.4 Å². The molecule has 3 rings (SSSR count). The second-order valence-electron chi connectivity index (χ2n) is 5.69. The zero-order chi connectivity index (χ0) is 14.8. The molecule has 1 unspecified atom stereocenters. The molecule has 2 aromatic carbocycles.